The maximum Gasteiger partial charge on any atom is 0.0657 e. The fourth-order valence-electron chi connectivity index (χ4n) is 2.89. The van der Waals surface area contributed by atoms with Gasteiger partial charge in [0, 0.05) is 42.0 Å². The molecule has 0 bridgehead atoms. The lowest BCUT2D eigenvalue weighted by Crippen LogP contribution is -2.40. The second-order valence-electron chi connectivity index (χ2n) is 5.16. The number of nitrogens with one attached hydrogen (secondary N) is 1. The molecule has 1 saturated heterocycles. The predicted molar refractivity (Wildman–Crippen MR) is 73.4 cm³/mol. The van der Waals surface area contributed by atoms with Crippen molar-refractivity contribution < 1.29 is 0 Å². The third-order valence-electron chi connectivity index (χ3n) is 3.94. The molecule has 2 atom stereocenters. The highest BCUT2D eigenvalue weighted by atomic mass is 15.2. The molecule has 1 aliphatic heterocycles. The van der Waals surface area contributed by atoms with Gasteiger partial charge in [-0.3, -0.25) is 0 Å². The van der Waals surface area contributed by atoms with E-state index in [1.54, 1.807) is 0 Å². The van der Waals surface area contributed by atoms with Gasteiger partial charge < -0.3 is 9.88 Å². The van der Waals surface area contributed by atoms with E-state index in [2.05, 4.69) is 41.1 Å². The Hall–Kier alpha value is -1.95. The quantitative estimate of drug-likeness (QED) is 0.829. The lowest BCUT2D eigenvalue weighted by Gasteiger charge is -2.37. The molecule has 2 unspecified atom stereocenters. The molecular weight excluding hydrogens is 222 g/mol. The van der Waals surface area contributed by atoms with E-state index < -0.39 is 0 Å². The Morgan fingerprint density at radius 1 is 1.33 bits per heavy atom. The monoisotopic (exact) mass is 239 g/mol. The summed E-state index contributed by atoms with van der Waals surface area (Å²) in [6.07, 6.45) is 6.00. The number of aromatic amines is 1. The average molecular weight is 239 g/mol. The van der Waals surface area contributed by atoms with Crippen LogP contribution in [0.3, 0.4) is 0 Å². The van der Waals surface area contributed by atoms with Crippen LogP contribution in [0, 0.1) is 17.2 Å². The van der Waals surface area contributed by atoms with Crippen molar-refractivity contribution >= 4 is 16.5 Å². The summed E-state index contributed by atoms with van der Waals surface area (Å²) in [6.45, 7) is 3.19. The normalized spacial score (nSPS) is 24.1. The molecule has 1 aromatic heterocycles. The molecule has 1 N–H and O–H groups in total. The van der Waals surface area contributed by atoms with Gasteiger partial charge in [0.05, 0.1) is 6.07 Å². The van der Waals surface area contributed by atoms with Gasteiger partial charge in [0.25, 0.3) is 0 Å². The first-order chi connectivity index (χ1) is 8.78. The minimum atomic E-state index is 0.229. The molecule has 3 heteroatoms. The van der Waals surface area contributed by atoms with Gasteiger partial charge in [-0.05, 0) is 37.3 Å². The molecule has 0 amide bonds. The number of hydrogen-bond donors (Lipinski definition) is 1. The molecule has 92 valence electrons. The van der Waals surface area contributed by atoms with Crippen molar-refractivity contribution in [1.82, 2.24) is 4.98 Å². The number of fused-ring (bicyclic) bond motifs is 1. The molecule has 1 aromatic carbocycles. The van der Waals surface area contributed by atoms with Gasteiger partial charge in [-0.15, -0.1) is 0 Å². The number of piperidine rings is 1. The number of benzene rings is 1. The Morgan fingerprint density at radius 3 is 2.94 bits per heavy atom. The fourth-order valence-corrected chi connectivity index (χ4v) is 2.89. The minimum Gasteiger partial charge on any atom is -0.369 e. The van der Waals surface area contributed by atoms with Crippen molar-refractivity contribution in [2.24, 2.45) is 5.92 Å². The molecule has 0 radical (unpaired) electrons. The third kappa shape index (κ3) is 1.84. The smallest absolute Gasteiger partial charge is 0.0657 e. The summed E-state index contributed by atoms with van der Waals surface area (Å²) in [5.74, 6) is 0.229. The predicted octanol–water partition coefficient (Wildman–Crippen LogP) is 3.30. The number of nitriles is 1. The van der Waals surface area contributed by atoms with Crippen LogP contribution in [0.1, 0.15) is 19.8 Å². The summed E-state index contributed by atoms with van der Waals surface area (Å²) in [6, 6.07) is 9.41. The summed E-state index contributed by atoms with van der Waals surface area (Å²) in [5, 5.41) is 11.5. The van der Waals surface area contributed by atoms with Crippen LogP contribution in [0.15, 0.2) is 30.6 Å². The van der Waals surface area contributed by atoms with Crippen molar-refractivity contribution in [2.75, 3.05) is 11.4 Å². The van der Waals surface area contributed by atoms with Crippen molar-refractivity contribution in [2.45, 2.75) is 25.8 Å². The van der Waals surface area contributed by atoms with Gasteiger partial charge >= 0.3 is 0 Å². The van der Waals surface area contributed by atoms with Crippen LogP contribution >= 0.6 is 0 Å². The van der Waals surface area contributed by atoms with E-state index in [-0.39, 0.29) is 5.92 Å². The number of aromatic nitrogens is 1. The van der Waals surface area contributed by atoms with Crippen LogP contribution in [0.2, 0.25) is 0 Å². The number of anilines is 1. The molecule has 18 heavy (non-hydrogen) atoms. The van der Waals surface area contributed by atoms with Crippen LogP contribution in [0.25, 0.3) is 10.8 Å². The number of hydrogen-bond acceptors (Lipinski definition) is 2. The fraction of sp³-hybridized carbons (Fsp3) is 0.400. The Bertz CT molecular complexity index is 593. The van der Waals surface area contributed by atoms with Gasteiger partial charge in [0.2, 0.25) is 0 Å². The van der Waals surface area contributed by atoms with Crippen LogP contribution in [0.5, 0.6) is 0 Å². The van der Waals surface area contributed by atoms with Gasteiger partial charge in [-0.2, -0.15) is 5.26 Å². The van der Waals surface area contributed by atoms with Gasteiger partial charge in [-0.1, -0.05) is 6.07 Å². The lowest BCUT2D eigenvalue weighted by atomic mass is 9.92. The van der Waals surface area contributed by atoms with Crippen LogP contribution in [-0.2, 0) is 0 Å². The standard InChI is InChI=1S/C15H17N3/c1-11-6-12(8-16)4-5-18(11)15-3-2-13-9-17-10-14(13)7-15/h2-3,7,9-12,17H,4-6H2,1H3. The average Bonchev–Trinajstić information content (AvgIpc) is 2.85. The highest BCUT2D eigenvalue weighted by Gasteiger charge is 2.25. The Balaban J connectivity index is 1.88. The Labute approximate surface area is 107 Å². The van der Waals surface area contributed by atoms with E-state index in [4.69, 9.17) is 5.26 Å². The molecule has 3 rings (SSSR count). The maximum atomic E-state index is 9.01. The summed E-state index contributed by atoms with van der Waals surface area (Å²) in [5.41, 5.74) is 1.27. The molecule has 0 saturated carbocycles. The van der Waals surface area contributed by atoms with E-state index in [0.717, 1.165) is 19.4 Å². The van der Waals surface area contributed by atoms with Crippen molar-refractivity contribution in [3.8, 4) is 6.07 Å². The second-order valence-corrected chi connectivity index (χ2v) is 5.16. The SMILES string of the molecule is CC1CC(C#N)CCN1c1ccc2c[nH]cc2c1. The summed E-state index contributed by atoms with van der Waals surface area (Å²) in [7, 11) is 0. The first-order valence-electron chi connectivity index (χ1n) is 6.51. The van der Waals surface area contributed by atoms with E-state index in [0.29, 0.717) is 6.04 Å². The van der Waals surface area contributed by atoms with Crippen molar-refractivity contribution in [1.29, 1.82) is 5.26 Å². The summed E-state index contributed by atoms with van der Waals surface area (Å²) >= 11 is 0. The molecule has 1 aliphatic rings. The van der Waals surface area contributed by atoms with E-state index in [9.17, 15) is 0 Å². The van der Waals surface area contributed by atoms with E-state index >= 15 is 0 Å². The zero-order valence-electron chi connectivity index (χ0n) is 10.6. The van der Waals surface area contributed by atoms with Crippen molar-refractivity contribution in [3.63, 3.8) is 0 Å². The Kier molecular flexibility index (Phi) is 2.71. The first-order valence-corrected chi connectivity index (χ1v) is 6.51. The van der Waals surface area contributed by atoms with Crippen LogP contribution < -0.4 is 4.90 Å². The van der Waals surface area contributed by atoms with Crippen molar-refractivity contribution in [3.05, 3.63) is 30.6 Å². The zero-order valence-corrected chi connectivity index (χ0v) is 10.6. The number of nitrogens with zero attached hydrogens (tertiary/aromatic N) is 2. The molecule has 2 heterocycles. The topological polar surface area (TPSA) is 42.8 Å². The number of rotatable bonds is 1. The van der Waals surface area contributed by atoms with E-state index in [1.807, 2.05) is 12.4 Å². The Morgan fingerprint density at radius 2 is 2.17 bits per heavy atom. The highest BCUT2D eigenvalue weighted by Crippen LogP contribution is 2.29. The first kappa shape index (κ1) is 11.2. The molecule has 1 fully saturated rings. The maximum absolute atomic E-state index is 9.01. The largest absolute Gasteiger partial charge is 0.369 e. The molecular formula is C15H17N3. The molecule has 0 aliphatic carbocycles. The van der Waals surface area contributed by atoms with Gasteiger partial charge in [0.1, 0.15) is 0 Å². The summed E-state index contributed by atoms with van der Waals surface area (Å²) < 4.78 is 0. The van der Waals surface area contributed by atoms with Crippen LogP contribution in [0.4, 0.5) is 5.69 Å². The molecule has 0 spiro atoms. The van der Waals surface area contributed by atoms with Gasteiger partial charge in [-0.25, -0.2) is 0 Å². The lowest BCUT2D eigenvalue weighted by molar-refractivity contribution is 0.416. The minimum absolute atomic E-state index is 0.229. The summed E-state index contributed by atoms with van der Waals surface area (Å²) in [4.78, 5) is 5.55. The van der Waals surface area contributed by atoms with Crippen LogP contribution in [-0.4, -0.2) is 17.6 Å². The van der Waals surface area contributed by atoms with Gasteiger partial charge in [0.15, 0.2) is 0 Å². The van der Waals surface area contributed by atoms with E-state index in [1.165, 1.54) is 16.5 Å². The number of H-pyrrole nitrogens is 1. The zero-order chi connectivity index (χ0) is 12.5. The molecule has 2 aromatic rings. The second kappa shape index (κ2) is 4.38. The third-order valence-corrected chi connectivity index (χ3v) is 3.94. The molecule has 3 nitrogen and oxygen atoms in total. The highest BCUT2D eigenvalue weighted by molar-refractivity contribution is 5.85.